The lowest BCUT2D eigenvalue weighted by Crippen LogP contribution is -2.25. The van der Waals surface area contributed by atoms with Crippen molar-refractivity contribution in [3.63, 3.8) is 0 Å². The summed E-state index contributed by atoms with van der Waals surface area (Å²) < 4.78 is 2.05. The molecule has 1 unspecified atom stereocenters. The van der Waals surface area contributed by atoms with E-state index in [1.54, 1.807) is 29.6 Å². The zero-order chi connectivity index (χ0) is 16.5. The summed E-state index contributed by atoms with van der Waals surface area (Å²) in [5.41, 5.74) is 1.70. The molecule has 1 aliphatic rings. The molecule has 1 aliphatic heterocycles. The number of anilines is 1. The summed E-state index contributed by atoms with van der Waals surface area (Å²) in [6.45, 7) is 0.576. The van der Waals surface area contributed by atoms with E-state index in [4.69, 9.17) is 11.6 Å². The second-order valence-corrected chi connectivity index (χ2v) is 6.12. The van der Waals surface area contributed by atoms with Crippen LogP contribution in [0.4, 0.5) is 5.69 Å². The van der Waals surface area contributed by atoms with E-state index >= 15 is 0 Å². The average Bonchev–Trinajstić information content (AvgIpc) is 3.23. The molecule has 24 heavy (non-hydrogen) atoms. The van der Waals surface area contributed by atoms with Crippen molar-refractivity contribution < 1.29 is 4.79 Å². The molecule has 3 aromatic rings. The van der Waals surface area contributed by atoms with Crippen molar-refractivity contribution in [2.24, 2.45) is 0 Å². The van der Waals surface area contributed by atoms with E-state index in [-0.39, 0.29) is 11.9 Å². The molecule has 1 aromatic carbocycles. The first-order chi connectivity index (χ1) is 11.7. The van der Waals surface area contributed by atoms with Crippen molar-refractivity contribution in [1.29, 1.82) is 0 Å². The quantitative estimate of drug-likeness (QED) is 0.733. The fourth-order valence-electron chi connectivity index (χ4n) is 3.10. The molecule has 0 bridgehead atoms. The number of hydrogen-bond acceptors (Lipinski definition) is 3. The maximum absolute atomic E-state index is 12.5. The van der Waals surface area contributed by atoms with Crippen LogP contribution >= 0.6 is 11.6 Å². The molecule has 0 radical (unpaired) electrons. The first-order valence-electron chi connectivity index (χ1n) is 7.72. The molecule has 1 atom stereocenters. The lowest BCUT2D eigenvalue weighted by atomic mass is 10.2. The Morgan fingerprint density at radius 3 is 2.79 bits per heavy atom. The van der Waals surface area contributed by atoms with Crippen LogP contribution in [-0.2, 0) is 4.79 Å². The Kier molecular flexibility index (Phi) is 3.78. The molecular formula is C18H15ClN4O. The van der Waals surface area contributed by atoms with E-state index in [2.05, 4.69) is 9.97 Å². The van der Waals surface area contributed by atoms with Gasteiger partial charge in [0, 0.05) is 43.3 Å². The Balaban J connectivity index is 1.65. The maximum Gasteiger partial charge on any atom is 0.229 e. The van der Waals surface area contributed by atoms with Gasteiger partial charge in [-0.1, -0.05) is 23.7 Å². The van der Waals surface area contributed by atoms with E-state index in [1.807, 2.05) is 41.1 Å². The van der Waals surface area contributed by atoms with Gasteiger partial charge in [0.25, 0.3) is 0 Å². The largest absolute Gasteiger partial charge is 0.326 e. The molecule has 1 fully saturated rings. The van der Waals surface area contributed by atoms with Gasteiger partial charge < -0.3 is 9.47 Å². The average molecular weight is 339 g/mol. The van der Waals surface area contributed by atoms with Crippen molar-refractivity contribution in [3.8, 4) is 11.4 Å². The van der Waals surface area contributed by atoms with E-state index in [0.717, 1.165) is 17.1 Å². The van der Waals surface area contributed by atoms with Gasteiger partial charge in [-0.05, 0) is 24.3 Å². The number of benzene rings is 1. The summed E-state index contributed by atoms with van der Waals surface area (Å²) in [4.78, 5) is 22.8. The predicted molar refractivity (Wildman–Crippen MR) is 92.9 cm³/mol. The molecule has 6 heteroatoms. The second-order valence-electron chi connectivity index (χ2n) is 5.71. The van der Waals surface area contributed by atoms with Gasteiger partial charge in [0.15, 0.2) is 0 Å². The normalized spacial score (nSPS) is 17.5. The van der Waals surface area contributed by atoms with E-state index in [0.29, 0.717) is 18.0 Å². The van der Waals surface area contributed by atoms with Gasteiger partial charge in [0.2, 0.25) is 5.91 Å². The number of carbonyl (C=O) groups is 1. The minimum Gasteiger partial charge on any atom is -0.326 e. The molecule has 4 rings (SSSR count). The topological polar surface area (TPSA) is 51.0 Å². The smallest absolute Gasteiger partial charge is 0.229 e. The molecule has 120 valence electrons. The molecule has 5 nitrogen and oxygen atoms in total. The van der Waals surface area contributed by atoms with Crippen molar-refractivity contribution in [2.45, 2.75) is 12.5 Å². The number of hydrogen-bond donors (Lipinski definition) is 0. The van der Waals surface area contributed by atoms with Gasteiger partial charge in [-0.2, -0.15) is 0 Å². The molecule has 0 aliphatic carbocycles. The van der Waals surface area contributed by atoms with Gasteiger partial charge in [-0.3, -0.25) is 9.78 Å². The zero-order valence-electron chi connectivity index (χ0n) is 12.8. The Morgan fingerprint density at radius 1 is 1.12 bits per heavy atom. The molecule has 2 aromatic heterocycles. The Labute approximate surface area is 144 Å². The minimum atomic E-state index is 0.0199. The van der Waals surface area contributed by atoms with Crippen LogP contribution in [-0.4, -0.2) is 27.0 Å². The van der Waals surface area contributed by atoms with E-state index in [9.17, 15) is 4.79 Å². The van der Waals surface area contributed by atoms with Gasteiger partial charge in [0.05, 0.1) is 16.8 Å². The number of carbonyl (C=O) groups excluding carboxylic acids is 1. The number of imidazole rings is 1. The Morgan fingerprint density at radius 2 is 2.00 bits per heavy atom. The number of halogens is 1. The fraction of sp³-hybridized carbons (Fsp3) is 0.167. The highest BCUT2D eigenvalue weighted by molar-refractivity contribution is 6.33. The number of nitrogens with zero attached hydrogens (tertiary/aromatic N) is 4. The van der Waals surface area contributed by atoms with Gasteiger partial charge in [0.1, 0.15) is 5.82 Å². The van der Waals surface area contributed by atoms with Gasteiger partial charge >= 0.3 is 0 Å². The number of aromatic nitrogens is 3. The summed E-state index contributed by atoms with van der Waals surface area (Å²) >= 11 is 6.25. The highest BCUT2D eigenvalue weighted by Crippen LogP contribution is 2.34. The number of para-hydroxylation sites is 1. The van der Waals surface area contributed by atoms with Crippen LogP contribution < -0.4 is 4.90 Å². The second kappa shape index (κ2) is 6.09. The third kappa shape index (κ3) is 2.57. The van der Waals surface area contributed by atoms with Gasteiger partial charge in [-0.15, -0.1) is 0 Å². The molecule has 0 N–H and O–H groups in total. The van der Waals surface area contributed by atoms with Gasteiger partial charge in [-0.25, -0.2) is 4.98 Å². The lowest BCUT2D eigenvalue weighted by molar-refractivity contribution is -0.117. The minimum absolute atomic E-state index is 0.0199. The summed E-state index contributed by atoms with van der Waals surface area (Å²) in [6, 6.07) is 11.3. The summed E-state index contributed by atoms with van der Waals surface area (Å²) in [7, 11) is 0. The first-order valence-corrected chi connectivity index (χ1v) is 8.10. The first kappa shape index (κ1) is 14.9. The van der Waals surface area contributed by atoms with Crippen molar-refractivity contribution in [1.82, 2.24) is 14.5 Å². The summed E-state index contributed by atoms with van der Waals surface area (Å²) in [5, 5.41) is 0.588. The maximum atomic E-state index is 12.5. The molecule has 0 spiro atoms. The van der Waals surface area contributed by atoms with Crippen LogP contribution in [0.3, 0.4) is 0 Å². The third-order valence-corrected chi connectivity index (χ3v) is 4.55. The zero-order valence-corrected chi connectivity index (χ0v) is 13.6. The SMILES string of the molecule is O=C1CC(n2ccnc2-c2cccnc2)CN1c1ccccc1Cl. The monoisotopic (exact) mass is 338 g/mol. The van der Waals surface area contributed by atoms with Crippen molar-refractivity contribution in [3.05, 3.63) is 66.2 Å². The van der Waals surface area contributed by atoms with E-state index in [1.165, 1.54) is 0 Å². The van der Waals surface area contributed by atoms with Crippen LogP contribution in [0.25, 0.3) is 11.4 Å². The lowest BCUT2D eigenvalue weighted by Gasteiger charge is -2.19. The molecular weight excluding hydrogens is 324 g/mol. The summed E-state index contributed by atoms with van der Waals surface area (Å²) in [6.07, 6.45) is 7.60. The number of amides is 1. The van der Waals surface area contributed by atoms with Crippen LogP contribution in [0, 0.1) is 0 Å². The Hall–Kier alpha value is -2.66. The number of rotatable bonds is 3. The van der Waals surface area contributed by atoms with Crippen molar-refractivity contribution in [2.75, 3.05) is 11.4 Å². The highest BCUT2D eigenvalue weighted by atomic mass is 35.5. The molecule has 3 heterocycles. The van der Waals surface area contributed by atoms with E-state index < -0.39 is 0 Å². The van der Waals surface area contributed by atoms with Crippen LogP contribution in [0.5, 0.6) is 0 Å². The predicted octanol–water partition coefficient (Wildman–Crippen LogP) is 3.58. The third-order valence-electron chi connectivity index (χ3n) is 4.23. The number of pyridine rings is 1. The van der Waals surface area contributed by atoms with Crippen LogP contribution in [0.1, 0.15) is 12.5 Å². The van der Waals surface area contributed by atoms with Crippen LogP contribution in [0.15, 0.2) is 61.2 Å². The standard InChI is InChI=1S/C18H15ClN4O/c19-15-5-1-2-6-16(15)23-12-14(10-17(23)24)22-9-8-21-18(22)13-4-3-7-20-11-13/h1-9,11,14H,10,12H2. The molecule has 0 saturated carbocycles. The summed E-state index contributed by atoms with van der Waals surface area (Å²) in [5.74, 6) is 0.890. The highest BCUT2D eigenvalue weighted by Gasteiger charge is 2.33. The molecule has 1 amide bonds. The fourth-order valence-corrected chi connectivity index (χ4v) is 3.34. The van der Waals surface area contributed by atoms with Crippen molar-refractivity contribution >= 4 is 23.2 Å². The Bertz CT molecular complexity index is 877. The molecule has 1 saturated heterocycles. The van der Waals surface area contributed by atoms with Crippen LogP contribution in [0.2, 0.25) is 5.02 Å².